The van der Waals surface area contributed by atoms with E-state index in [0.717, 1.165) is 9.35 Å². The van der Waals surface area contributed by atoms with Gasteiger partial charge < -0.3 is 19.9 Å². The Morgan fingerprint density at radius 1 is 1.16 bits per heavy atom. The zero-order valence-corrected chi connectivity index (χ0v) is 18.8. The summed E-state index contributed by atoms with van der Waals surface area (Å²) in [4.78, 5) is 35.9. The van der Waals surface area contributed by atoms with E-state index in [2.05, 4.69) is 20.8 Å². The number of carbonyl (C=O) groups is 2. The van der Waals surface area contributed by atoms with Crippen LogP contribution in [-0.2, 0) is 21.9 Å². The standard InChI is InChI=1S/C20H21N5O4S2/c1-12(26)21-14-4-6-15(7-5-14)22-19(28)10-25-9-18(29-3)17(27)8-16(25)11-30-20-24-23-13(2)31-20/h4-9H,10-11H2,1-3H3,(H,21,26)(H,22,28). The molecule has 0 fully saturated rings. The van der Waals surface area contributed by atoms with Crippen LogP contribution in [0.15, 0.2) is 45.7 Å². The molecule has 2 N–H and O–H groups in total. The van der Waals surface area contributed by atoms with Crippen LogP contribution in [0.25, 0.3) is 0 Å². The molecule has 2 heterocycles. The second-order valence-corrected chi connectivity index (χ2v) is 8.91. The number of anilines is 2. The molecule has 0 saturated heterocycles. The molecule has 2 amide bonds. The molecule has 1 aromatic carbocycles. The maximum atomic E-state index is 12.6. The molecule has 3 aromatic rings. The lowest BCUT2D eigenvalue weighted by Gasteiger charge is -2.14. The van der Waals surface area contributed by atoms with Gasteiger partial charge in [0.05, 0.1) is 13.3 Å². The maximum Gasteiger partial charge on any atom is 0.244 e. The Kier molecular flexibility index (Phi) is 7.42. The lowest BCUT2D eigenvalue weighted by molar-refractivity contribution is -0.117. The van der Waals surface area contributed by atoms with Gasteiger partial charge in [-0.2, -0.15) is 0 Å². The first-order chi connectivity index (χ1) is 14.8. The third-order valence-electron chi connectivity index (χ3n) is 4.06. The number of amides is 2. The normalized spacial score (nSPS) is 10.5. The highest BCUT2D eigenvalue weighted by Gasteiger charge is 2.13. The predicted octanol–water partition coefficient (Wildman–Crippen LogP) is 2.91. The molecule has 11 heteroatoms. The summed E-state index contributed by atoms with van der Waals surface area (Å²) in [5.41, 5.74) is 1.64. The number of aromatic nitrogens is 3. The summed E-state index contributed by atoms with van der Waals surface area (Å²) in [6, 6.07) is 8.26. The summed E-state index contributed by atoms with van der Waals surface area (Å²) in [5, 5.41) is 14.4. The number of thioether (sulfide) groups is 1. The van der Waals surface area contributed by atoms with E-state index >= 15 is 0 Å². The van der Waals surface area contributed by atoms with Crippen molar-refractivity contribution >= 4 is 46.3 Å². The minimum Gasteiger partial charge on any atom is -0.491 e. The molecule has 0 spiro atoms. The molecule has 0 atom stereocenters. The lowest BCUT2D eigenvalue weighted by atomic mass is 10.2. The van der Waals surface area contributed by atoms with Crippen molar-refractivity contribution in [3.05, 3.63) is 57.5 Å². The first-order valence-corrected chi connectivity index (χ1v) is 11.0. The Balaban J connectivity index is 1.72. The number of rotatable bonds is 8. The number of hydrogen-bond acceptors (Lipinski definition) is 8. The highest BCUT2D eigenvalue weighted by Crippen LogP contribution is 2.25. The van der Waals surface area contributed by atoms with Gasteiger partial charge in [0, 0.05) is 35.8 Å². The first kappa shape index (κ1) is 22.5. The largest absolute Gasteiger partial charge is 0.491 e. The van der Waals surface area contributed by atoms with Crippen molar-refractivity contribution in [2.24, 2.45) is 0 Å². The topological polar surface area (TPSA) is 115 Å². The average Bonchev–Trinajstić information content (AvgIpc) is 3.14. The van der Waals surface area contributed by atoms with Gasteiger partial charge in [-0.1, -0.05) is 23.1 Å². The SMILES string of the molecule is COc1cn(CC(=O)Nc2ccc(NC(C)=O)cc2)c(CSc2nnc(C)s2)cc1=O. The van der Waals surface area contributed by atoms with Crippen LogP contribution in [0, 0.1) is 6.92 Å². The van der Waals surface area contributed by atoms with Crippen LogP contribution in [0.5, 0.6) is 5.75 Å². The van der Waals surface area contributed by atoms with Crippen molar-refractivity contribution in [2.75, 3.05) is 17.7 Å². The molecule has 2 aromatic heterocycles. The average molecular weight is 460 g/mol. The summed E-state index contributed by atoms with van der Waals surface area (Å²) in [6.07, 6.45) is 1.53. The van der Waals surface area contributed by atoms with Crippen LogP contribution in [0.3, 0.4) is 0 Å². The van der Waals surface area contributed by atoms with Crippen LogP contribution < -0.4 is 20.8 Å². The van der Waals surface area contributed by atoms with Gasteiger partial charge in [0.1, 0.15) is 11.6 Å². The fourth-order valence-electron chi connectivity index (χ4n) is 2.69. The van der Waals surface area contributed by atoms with Crippen molar-refractivity contribution in [3.8, 4) is 5.75 Å². The number of aryl methyl sites for hydroxylation is 1. The van der Waals surface area contributed by atoms with E-state index < -0.39 is 0 Å². The zero-order chi connectivity index (χ0) is 22.4. The Morgan fingerprint density at radius 3 is 2.42 bits per heavy atom. The van der Waals surface area contributed by atoms with Crippen molar-refractivity contribution in [1.29, 1.82) is 0 Å². The number of methoxy groups -OCH3 is 1. The van der Waals surface area contributed by atoms with Crippen LogP contribution >= 0.6 is 23.1 Å². The van der Waals surface area contributed by atoms with Crippen molar-refractivity contribution in [3.63, 3.8) is 0 Å². The third kappa shape index (κ3) is 6.40. The van der Waals surface area contributed by atoms with Crippen molar-refractivity contribution in [1.82, 2.24) is 14.8 Å². The van der Waals surface area contributed by atoms with E-state index in [4.69, 9.17) is 4.74 Å². The number of pyridine rings is 1. The van der Waals surface area contributed by atoms with Crippen molar-refractivity contribution < 1.29 is 14.3 Å². The van der Waals surface area contributed by atoms with Gasteiger partial charge in [0.2, 0.25) is 17.2 Å². The summed E-state index contributed by atoms with van der Waals surface area (Å²) >= 11 is 2.91. The summed E-state index contributed by atoms with van der Waals surface area (Å²) in [6.45, 7) is 3.30. The summed E-state index contributed by atoms with van der Waals surface area (Å²) < 4.78 is 7.60. The molecular weight excluding hydrogens is 438 g/mol. The van der Waals surface area contributed by atoms with Gasteiger partial charge in [-0.15, -0.1) is 10.2 Å². The minimum atomic E-state index is -0.268. The molecule has 0 aliphatic carbocycles. The molecule has 9 nitrogen and oxygen atoms in total. The van der Waals surface area contributed by atoms with E-state index in [1.54, 1.807) is 28.8 Å². The number of carbonyl (C=O) groups excluding carboxylic acids is 2. The lowest BCUT2D eigenvalue weighted by Crippen LogP contribution is -2.22. The van der Waals surface area contributed by atoms with Crippen LogP contribution in [0.4, 0.5) is 11.4 Å². The van der Waals surface area contributed by atoms with Gasteiger partial charge in [-0.05, 0) is 31.2 Å². The number of hydrogen-bond donors (Lipinski definition) is 2. The van der Waals surface area contributed by atoms with Gasteiger partial charge in [0.25, 0.3) is 0 Å². The Bertz CT molecular complexity index is 1140. The molecule has 0 radical (unpaired) electrons. The van der Waals surface area contributed by atoms with Gasteiger partial charge in [-0.3, -0.25) is 14.4 Å². The van der Waals surface area contributed by atoms with Crippen LogP contribution in [0.2, 0.25) is 0 Å². The summed E-state index contributed by atoms with van der Waals surface area (Å²) in [5.74, 6) is 0.175. The van der Waals surface area contributed by atoms with E-state index in [-0.39, 0.29) is 29.5 Å². The smallest absolute Gasteiger partial charge is 0.244 e. The van der Waals surface area contributed by atoms with E-state index in [0.29, 0.717) is 22.8 Å². The van der Waals surface area contributed by atoms with Crippen molar-refractivity contribution in [2.45, 2.75) is 30.5 Å². The number of nitrogens with zero attached hydrogens (tertiary/aromatic N) is 3. The number of ether oxygens (including phenoxy) is 1. The Hall–Kier alpha value is -3.18. The van der Waals surface area contributed by atoms with E-state index in [1.165, 1.54) is 49.4 Å². The maximum absolute atomic E-state index is 12.6. The number of benzene rings is 1. The van der Waals surface area contributed by atoms with Crippen LogP contribution in [-0.4, -0.2) is 33.7 Å². The Morgan fingerprint density at radius 2 is 1.84 bits per heavy atom. The molecule has 162 valence electrons. The molecule has 0 unspecified atom stereocenters. The van der Waals surface area contributed by atoms with Gasteiger partial charge >= 0.3 is 0 Å². The molecule has 3 rings (SSSR count). The summed E-state index contributed by atoms with van der Waals surface area (Å²) in [7, 11) is 1.41. The molecule has 0 aliphatic heterocycles. The quantitative estimate of drug-likeness (QED) is 0.498. The van der Waals surface area contributed by atoms with Crippen LogP contribution in [0.1, 0.15) is 17.6 Å². The first-order valence-electron chi connectivity index (χ1n) is 9.22. The molecular formula is C20H21N5O4S2. The third-order valence-corrected chi connectivity index (χ3v) is 6.06. The van der Waals surface area contributed by atoms with E-state index in [1.807, 2.05) is 6.92 Å². The van der Waals surface area contributed by atoms with Gasteiger partial charge in [0.15, 0.2) is 10.1 Å². The zero-order valence-electron chi connectivity index (χ0n) is 17.2. The molecule has 0 bridgehead atoms. The number of nitrogens with one attached hydrogen (secondary N) is 2. The fraction of sp³-hybridized carbons (Fsp3) is 0.250. The molecule has 0 saturated carbocycles. The monoisotopic (exact) mass is 459 g/mol. The second kappa shape index (κ2) is 10.2. The van der Waals surface area contributed by atoms with Gasteiger partial charge in [-0.25, -0.2) is 0 Å². The highest BCUT2D eigenvalue weighted by molar-refractivity contribution is 8.00. The second-order valence-electron chi connectivity index (χ2n) is 6.51. The molecule has 31 heavy (non-hydrogen) atoms. The van der Waals surface area contributed by atoms with E-state index in [9.17, 15) is 14.4 Å². The fourth-order valence-corrected chi connectivity index (χ4v) is 4.50. The highest BCUT2D eigenvalue weighted by atomic mass is 32.2. The minimum absolute atomic E-state index is 0.00483. The molecule has 0 aliphatic rings. The Labute approximate surface area is 186 Å². The predicted molar refractivity (Wildman–Crippen MR) is 121 cm³/mol.